The van der Waals surface area contributed by atoms with Crippen molar-refractivity contribution in [1.29, 1.82) is 0 Å². The van der Waals surface area contributed by atoms with E-state index in [0.29, 0.717) is 22.7 Å². The highest BCUT2D eigenvalue weighted by Crippen LogP contribution is 2.31. The number of benzene rings is 1. The fourth-order valence-electron chi connectivity index (χ4n) is 3.56. The molecule has 1 aromatic carbocycles. The lowest BCUT2D eigenvalue weighted by atomic mass is 10.2. The largest absolute Gasteiger partial charge is 0.332 e. The standard InChI is InChI=1S/C19H21FN6O2/c1-5-24-17(27)15-16(23(4)19(24)28)21-18-25(22-11(2)12(3)26(15)18)10-13-8-6-7-9-14(13)20/h6-9,12H,5,10H2,1-4H3/t12-/m0/s1. The summed E-state index contributed by atoms with van der Waals surface area (Å²) in [6.45, 7) is 5.96. The second-order valence-corrected chi connectivity index (χ2v) is 6.91. The highest BCUT2D eigenvalue weighted by atomic mass is 19.1. The summed E-state index contributed by atoms with van der Waals surface area (Å²) in [5.74, 6) is 0.0784. The van der Waals surface area contributed by atoms with Gasteiger partial charge in [0, 0.05) is 19.2 Å². The Morgan fingerprint density at radius 1 is 1.21 bits per heavy atom. The molecule has 0 bridgehead atoms. The lowest BCUT2D eigenvalue weighted by molar-refractivity contribution is 0.590. The number of fused-ring (bicyclic) bond motifs is 3. The molecule has 0 fully saturated rings. The van der Waals surface area contributed by atoms with E-state index in [4.69, 9.17) is 0 Å². The molecule has 0 aliphatic carbocycles. The van der Waals surface area contributed by atoms with Crippen LogP contribution in [0.5, 0.6) is 0 Å². The molecule has 3 heterocycles. The van der Waals surface area contributed by atoms with E-state index in [-0.39, 0.29) is 30.5 Å². The van der Waals surface area contributed by atoms with E-state index < -0.39 is 5.69 Å². The number of halogens is 1. The first-order valence-electron chi connectivity index (χ1n) is 9.13. The minimum absolute atomic E-state index is 0.163. The zero-order valence-electron chi connectivity index (χ0n) is 16.2. The number of aromatic nitrogens is 4. The maximum absolute atomic E-state index is 14.2. The molecule has 0 saturated carbocycles. The van der Waals surface area contributed by atoms with Crippen LogP contribution in [0.4, 0.5) is 10.3 Å². The van der Waals surface area contributed by atoms with Crippen molar-refractivity contribution in [2.75, 3.05) is 5.01 Å². The van der Waals surface area contributed by atoms with Crippen molar-refractivity contribution in [2.45, 2.75) is 39.9 Å². The van der Waals surface area contributed by atoms with Crippen LogP contribution < -0.4 is 16.3 Å². The number of imidazole rings is 1. The summed E-state index contributed by atoms with van der Waals surface area (Å²) in [6, 6.07) is 6.25. The fraction of sp³-hybridized carbons (Fsp3) is 0.368. The molecule has 1 aliphatic heterocycles. The Morgan fingerprint density at radius 2 is 1.93 bits per heavy atom. The summed E-state index contributed by atoms with van der Waals surface area (Å²) in [5, 5.41) is 6.14. The molecule has 1 aliphatic rings. The van der Waals surface area contributed by atoms with Crippen LogP contribution in [-0.4, -0.2) is 24.4 Å². The summed E-state index contributed by atoms with van der Waals surface area (Å²) in [5.41, 5.74) is 1.07. The van der Waals surface area contributed by atoms with Crippen molar-refractivity contribution in [3.05, 3.63) is 56.5 Å². The molecule has 3 aromatic rings. The molecular formula is C19H21FN6O2. The molecule has 0 radical (unpaired) electrons. The molecule has 0 unspecified atom stereocenters. The lowest BCUT2D eigenvalue weighted by Gasteiger charge is -2.29. The van der Waals surface area contributed by atoms with Gasteiger partial charge >= 0.3 is 5.69 Å². The zero-order valence-corrected chi connectivity index (χ0v) is 16.2. The normalized spacial score (nSPS) is 16.4. The summed E-state index contributed by atoms with van der Waals surface area (Å²) in [6.07, 6.45) is 0. The number of rotatable bonds is 3. The van der Waals surface area contributed by atoms with Crippen LogP contribution in [0.3, 0.4) is 0 Å². The maximum Gasteiger partial charge on any atom is 0.332 e. The molecule has 0 amide bonds. The van der Waals surface area contributed by atoms with Crippen LogP contribution in [0, 0.1) is 5.82 Å². The number of hydrogen-bond acceptors (Lipinski definition) is 5. The smallest absolute Gasteiger partial charge is 0.294 e. The number of anilines is 1. The van der Waals surface area contributed by atoms with E-state index in [0.717, 1.165) is 5.71 Å². The van der Waals surface area contributed by atoms with Gasteiger partial charge in [0.25, 0.3) is 5.56 Å². The average Bonchev–Trinajstić information content (AvgIpc) is 3.08. The predicted molar refractivity (Wildman–Crippen MR) is 105 cm³/mol. The van der Waals surface area contributed by atoms with Gasteiger partial charge < -0.3 is 0 Å². The highest BCUT2D eigenvalue weighted by molar-refractivity contribution is 5.91. The van der Waals surface area contributed by atoms with Gasteiger partial charge in [-0.3, -0.25) is 18.5 Å². The molecule has 146 valence electrons. The number of hydrogen-bond donors (Lipinski definition) is 0. The predicted octanol–water partition coefficient (Wildman–Crippen LogP) is 2.01. The van der Waals surface area contributed by atoms with E-state index in [1.165, 1.54) is 15.2 Å². The van der Waals surface area contributed by atoms with Crippen LogP contribution in [0.15, 0.2) is 39.0 Å². The van der Waals surface area contributed by atoms with Crippen LogP contribution >= 0.6 is 0 Å². The highest BCUT2D eigenvalue weighted by Gasteiger charge is 2.30. The van der Waals surface area contributed by atoms with Gasteiger partial charge in [0.1, 0.15) is 5.82 Å². The monoisotopic (exact) mass is 384 g/mol. The molecule has 8 nitrogen and oxygen atoms in total. The molecule has 28 heavy (non-hydrogen) atoms. The Bertz CT molecular complexity index is 1240. The molecule has 0 saturated heterocycles. The summed E-state index contributed by atoms with van der Waals surface area (Å²) >= 11 is 0. The third-order valence-corrected chi connectivity index (χ3v) is 5.25. The van der Waals surface area contributed by atoms with Crippen molar-refractivity contribution < 1.29 is 4.39 Å². The zero-order chi connectivity index (χ0) is 20.2. The quantitative estimate of drug-likeness (QED) is 0.692. The van der Waals surface area contributed by atoms with Crippen molar-refractivity contribution >= 4 is 22.8 Å². The Labute approximate surface area is 160 Å². The minimum atomic E-state index is -0.415. The van der Waals surface area contributed by atoms with Gasteiger partial charge in [0.2, 0.25) is 5.95 Å². The third kappa shape index (κ3) is 2.49. The van der Waals surface area contributed by atoms with E-state index in [2.05, 4.69) is 10.1 Å². The van der Waals surface area contributed by atoms with Gasteiger partial charge in [-0.1, -0.05) is 18.2 Å². The van der Waals surface area contributed by atoms with Crippen LogP contribution in [0.2, 0.25) is 0 Å². The second-order valence-electron chi connectivity index (χ2n) is 6.91. The number of nitrogens with zero attached hydrogens (tertiary/aromatic N) is 6. The van der Waals surface area contributed by atoms with Gasteiger partial charge in [0.05, 0.1) is 18.3 Å². The van der Waals surface area contributed by atoms with Gasteiger partial charge in [-0.15, -0.1) is 0 Å². The van der Waals surface area contributed by atoms with E-state index in [1.54, 1.807) is 41.7 Å². The Kier molecular flexibility index (Phi) is 4.17. The van der Waals surface area contributed by atoms with E-state index >= 15 is 0 Å². The lowest BCUT2D eigenvalue weighted by Crippen LogP contribution is -2.40. The molecule has 1 atom stereocenters. The van der Waals surface area contributed by atoms with Gasteiger partial charge in [-0.25, -0.2) is 14.2 Å². The topological polar surface area (TPSA) is 77.4 Å². The van der Waals surface area contributed by atoms with E-state index in [9.17, 15) is 14.0 Å². The van der Waals surface area contributed by atoms with E-state index in [1.807, 2.05) is 13.8 Å². The Hall–Kier alpha value is -3.23. The Balaban J connectivity index is 1.99. The van der Waals surface area contributed by atoms with Crippen molar-refractivity contribution in [3.8, 4) is 0 Å². The summed E-state index contributed by atoms with van der Waals surface area (Å²) in [7, 11) is 1.59. The number of aryl methyl sites for hydroxylation is 1. The van der Waals surface area contributed by atoms with Crippen LogP contribution in [-0.2, 0) is 20.1 Å². The fourth-order valence-corrected chi connectivity index (χ4v) is 3.56. The van der Waals surface area contributed by atoms with Gasteiger partial charge in [0.15, 0.2) is 11.2 Å². The van der Waals surface area contributed by atoms with Crippen LogP contribution in [0.25, 0.3) is 11.2 Å². The van der Waals surface area contributed by atoms with Crippen molar-refractivity contribution in [1.82, 2.24) is 18.7 Å². The first-order chi connectivity index (χ1) is 13.3. The second kappa shape index (κ2) is 6.43. The average molecular weight is 384 g/mol. The summed E-state index contributed by atoms with van der Waals surface area (Å²) in [4.78, 5) is 30.1. The first-order valence-corrected chi connectivity index (χ1v) is 9.13. The molecule has 9 heteroatoms. The van der Waals surface area contributed by atoms with Gasteiger partial charge in [-0.2, -0.15) is 10.1 Å². The first kappa shape index (κ1) is 18.1. The van der Waals surface area contributed by atoms with Crippen molar-refractivity contribution in [2.24, 2.45) is 12.1 Å². The minimum Gasteiger partial charge on any atom is -0.294 e. The molecular weight excluding hydrogens is 363 g/mol. The number of hydrazone groups is 1. The van der Waals surface area contributed by atoms with Crippen molar-refractivity contribution in [3.63, 3.8) is 0 Å². The molecule has 4 rings (SSSR count). The van der Waals surface area contributed by atoms with Gasteiger partial charge in [-0.05, 0) is 26.8 Å². The third-order valence-electron chi connectivity index (χ3n) is 5.25. The van der Waals surface area contributed by atoms with Crippen LogP contribution in [0.1, 0.15) is 32.4 Å². The Morgan fingerprint density at radius 3 is 2.61 bits per heavy atom. The SMILES string of the molecule is CCn1c(=O)c2c(nc3n2[C@@H](C)C(C)=NN3Cc2ccccc2F)n(C)c1=O. The molecule has 0 N–H and O–H groups in total. The summed E-state index contributed by atoms with van der Waals surface area (Å²) < 4.78 is 18.5. The maximum atomic E-state index is 14.2. The molecule has 0 spiro atoms. The molecule has 2 aromatic heterocycles.